The summed E-state index contributed by atoms with van der Waals surface area (Å²) < 4.78 is 0. The van der Waals surface area contributed by atoms with Crippen LogP contribution in [0.4, 0.5) is 0 Å². The predicted octanol–water partition coefficient (Wildman–Crippen LogP) is 4.55. The van der Waals surface area contributed by atoms with Gasteiger partial charge >= 0.3 is 0 Å². The molecule has 14 atom stereocenters. The number of rotatable bonds is 0. The van der Waals surface area contributed by atoms with Gasteiger partial charge in [-0.2, -0.15) is 0 Å². The van der Waals surface area contributed by atoms with Crippen molar-refractivity contribution in [3.05, 3.63) is 0 Å². The molecule has 0 aromatic rings. The maximum Gasteiger partial charge on any atom is -0.0312 e. The Balaban J connectivity index is 1.26. The molecule has 0 N–H and O–H groups in total. The van der Waals surface area contributed by atoms with E-state index < -0.39 is 0 Å². The Bertz CT molecular complexity index is 408. The second-order valence-corrected chi connectivity index (χ2v) is 10.1. The van der Waals surface area contributed by atoms with Crippen LogP contribution >= 0.6 is 0 Å². The topological polar surface area (TPSA) is 0 Å². The Morgan fingerprint density at radius 2 is 0.800 bits per heavy atom. The quantitative estimate of drug-likeness (QED) is 0.566. The van der Waals surface area contributed by atoms with E-state index >= 15 is 0 Å². The van der Waals surface area contributed by atoms with Crippen LogP contribution in [0.3, 0.4) is 0 Å². The highest BCUT2D eigenvalue weighted by Gasteiger charge is 2.83. The lowest BCUT2D eigenvalue weighted by Gasteiger charge is -2.89. The van der Waals surface area contributed by atoms with Gasteiger partial charge in [-0.15, -0.1) is 0 Å². The molecule has 6 rings (SSSR count). The Kier molecular flexibility index (Phi) is 1.84. The first-order valence-corrected chi connectivity index (χ1v) is 9.61. The summed E-state index contributed by atoms with van der Waals surface area (Å²) in [6.07, 6.45) is 3.18. The monoisotopic (exact) mass is 270 g/mol. The summed E-state index contributed by atoms with van der Waals surface area (Å²) in [5, 5.41) is 0. The van der Waals surface area contributed by atoms with Gasteiger partial charge in [0.15, 0.2) is 0 Å². The summed E-state index contributed by atoms with van der Waals surface area (Å²) >= 11 is 0. The van der Waals surface area contributed by atoms with Crippen molar-refractivity contribution < 1.29 is 0 Å². The van der Waals surface area contributed by atoms with E-state index in [9.17, 15) is 0 Å². The lowest BCUT2D eigenvalue weighted by atomic mass is 9.16. The Morgan fingerprint density at radius 3 is 1.20 bits per heavy atom. The van der Waals surface area contributed by atoms with Gasteiger partial charge in [0.25, 0.3) is 0 Å². The molecule has 0 aromatic carbocycles. The van der Waals surface area contributed by atoms with E-state index in [1.54, 1.807) is 12.8 Å². The first-order chi connectivity index (χ1) is 9.61. The smallest absolute Gasteiger partial charge is 0.0312 e. The van der Waals surface area contributed by atoms with E-state index in [0.717, 1.165) is 23.7 Å². The van der Waals surface area contributed by atoms with Crippen LogP contribution in [0.5, 0.6) is 0 Å². The fraction of sp³-hybridized carbons (Fsp3) is 1.00. The summed E-state index contributed by atoms with van der Waals surface area (Å²) in [6, 6.07) is 0. The molecule has 14 unspecified atom stereocenters. The van der Waals surface area contributed by atoms with Gasteiger partial charge < -0.3 is 0 Å². The third-order valence-corrected chi connectivity index (χ3v) is 10.3. The van der Waals surface area contributed by atoms with Crippen molar-refractivity contribution >= 4 is 0 Å². The molecule has 0 nitrogen and oxygen atoms in total. The van der Waals surface area contributed by atoms with Gasteiger partial charge in [-0.25, -0.2) is 0 Å². The number of hydrogen-bond donors (Lipinski definition) is 0. The van der Waals surface area contributed by atoms with Crippen molar-refractivity contribution in [2.75, 3.05) is 0 Å². The maximum atomic E-state index is 2.56. The number of fused-ring (bicyclic) bond motifs is 13. The molecule has 0 heteroatoms. The van der Waals surface area contributed by atoms with Crippen LogP contribution in [0.1, 0.15) is 40.5 Å². The highest BCUT2D eigenvalue weighted by molar-refractivity contribution is 5.30. The summed E-state index contributed by atoms with van der Waals surface area (Å²) in [7, 11) is 0. The van der Waals surface area contributed by atoms with Crippen LogP contribution in [0.15, 0.2) is 0 Å². The minimum atomic E-state index is 1.02. The SMILES string of the molecule is CC1CC2C(CC1C)C1C2C2C3C4C(C)C(C)C4C3C12. The fourth-order valence-electron chi connectivity index (χ4n) is 9.18. The average Bonchev–Trinajstić information content (AvgIpc) is 2.39. The van der Waals surface area contributed by atoms with E-state index in [-0.39, 0.29) is 0 Å². The lowest BCUT2D eigenvalue weighted by molar-refractivity contribution is -0.420. The molecule has 0 amide bonds. The Labute approximate surface area is 124 Å². The van der Waals surface area contributed by atoms with Crippen LogP contribution < -0.4 is 0 Å². The third-order valence-electron chi connectivity index (χ3n) is 10.3. The second kappa shape index (κ2) is 3.18. The molecule has 6 fully saturated rings. The second-order valence-electron chi connectivity index (χ2n) is 10.1. The Hall–Kier alpha value is 0. The molecule has 0 radical (unpaired) electrons. The molecule has 0 aromatic heterocycles. The van der Waals surface area contributed by atoms with Gasteiger partial charge in [0.1, 0.15) is 0 Å². The molecule has 6 aliphatic rings. The van der Waals surface area contributed by atoms with E-state index in [4.69, 9.17) is 0 Å². The summed E-state index contributed by atoms with van der Waals surface area (Å²) in [6.45, 7) is 10.2. The first kappa shape index (κ1) is 11.6. The van der Waals surface area contributed by atoms with Crippen LogP contribution in [0, 0.1) is 82.9 Å². The Morgan fingerprint density at radius 1 is 0.450 bits per heavy atom. The van der Waals surface area contributed by atoms with Crippen molar-refractivity contribution in [2.45, 2.75) is 40.5 Å². The largest absolute Gasteiger partial charge is 0.0622 e. The summed E-state index contributed by atoms with van der Waals surface area (Å²) in [4.78, 5) is 0. The summed E-state index contributed by atoms with van der Waals surface area (Å²) in [5.41, 5.74) is 0. The predicted molar refractivity (Wildman–Crippen MR) is 80.8 cm³/mol. The standard InChI is InChI=1S/C20H30/c1-7-5-11-12(6-8(7)2)16-15(11)19-17-13-9(3)10(4)14(13)18(17)20(16)19/h7-20H,5-6H2,1-4H3. The molecule has 0 aliphatic heterocycles. The van der Waals surface area contributed by atoms with Crippen LogP contribution in [-0.2, 0) is 0 Å². The fourth-order valence-corrected chi connectivity index (χ4v) is 9.18. The molecule has 0 heterocycles. The van der Waals surface area contributed by atoms with Crippen LogP contribution in [0.25, 0.3) is 0 Å². The maximum absolute atomic E-state index is 2.56. The van der Waals surface area contributed by atoms with E-state index in [0.29, 0.717) is 0 Å². The van der Waals surface area contributed by atoms with Gasteiger partial charge in [-0.1, -0.05) is 27.7 Å². The molecule has 6 aliphatic carbocycles. The minimum Gasteiger partial charge on any atom is -0.0622 e. The van der Waals surface area contributed by atoms with Crippen molar-refractivity contribution in [3.63, 3.8) is 0 Å². The van der Waals surface area contributed by atoms with Gasteiger partial charge in [0, 0.05) is 0 Å². The molecule has 0 bridgehead atoms. The van der Waals surface area contributed by atoms with Crippen molar-refractivity contribution in [1.82, 2.24) is 0 Å². The van der Waals surface area contributed by atoms with Gasteiger partial charge in [0.2, 0.25) is 0 Å². The zero-order valence-electron chi connectivity index (χ0n) is 13.5. The molecule has 0 spiro atoms. The molecule has 0 saturated heterocycles. The van der Waals surface area contributed by atoms with Crippen molar-refractivity contribution in [2.24, 2.45) is 82.9 Å². The van der Waals surface area contributed by atoms with Crippen molar-refractivity contribution in [3.8, 4) is 0 Å². The molecular weight excluding hydrogens is 240 g/mol. The normalized spacial score (nSPS) is 78.6. The van der Waals surface area contributed by atoms with E-state index in [1.165, 1.54) is 59.2 Å². The zero-order valence-corrected chi connectivity index (χ0v) is 13.5. The number of hydrogen-bond acceptors (Lipinski definition) is 0. The van der Waals surface area contributed by atoms with Crippen LogP contribution in [-0.4, -0.2) is 0 Å². The third kappa shape index (κ3) is 0.901. The summed E-state index contributed by atoms with van der Waals surface area (Å²) in [5.74, 6) is 16.3. The highest BCUT2D eigenvalue weighted by atomic mass is 14.9. The molecular formula is C20H30. The van der Waals surface area contributed by atoms with E-state index in [2.05, 4.69) is 27.7 Å². The van der Waals surface area contributed by atoms with E-state index in [1.807, 2.05) is 0 Å². The van der Waals surface area contributed by atoms with Crippen LogP contribution in [0.2, 0.25) is 0 Å². The van der Waals surface area contributed by atoms with Crippen molar-refractivity contribution in [1.29, 1.82) is 0 Å². The average molecular weight is 270 g/mol. The lowest BCUT2D eigenvalue weighted by Crippen LogP contribution is -2.85. The first-order valence-electron chi connectivity index (χ1n) is 9.61. The van der Waals surface area contributed by atoms with Gasteiger partial charge in [-0.3, -0.25) is 0 Å². The highest BCUT2D eigenvalue weighted by Crippen LogP contribution is 2.87. The molecule has 20 heavy (non-hydrogen) atoms. The van der Waals surface area contributed by atoms with Gasteiger partial charge in [0.05, 0.1) is 0 Å². The van der Waals surface area contributed by atoms with Gasteiger partial charge in [-0.05, 0) is 95.7 Å². The molecule has 6 saturated carbocycles. The minimum absolute atomic E-state index is 1.02. The molecule has 110 valence electrons. The zero-order chi connectivity index (χ0) is 13.5.